The molecule has 0 aromatic carbocycles. The molecule has 0 amide bonds. The highest BCUT2D eigenvalue weighted by Crippen LogP contribution is 2.10. The van der Waals surface area contributed by atoms with Crippen LogP contribution in [0.2, 0.25) is 0 Å². The van der Waals surface area contributed by atoms with Crippen LogP contribution in [0.25, 0.3) is 34.7 Å². The van der Waals surface area contributed by atoms with Gasteiger partial charge in [-0.2, -0.15) is 0 Å². The maximum atomic E-state index is 4.52. The molecular weight excluding hydrogens is 304 g/mol. The van der Waals surface area contributed by atoms with Gasteiger partial charge in [-0.05, 0) is 36.4 Å². The number of rotatable bonds is 0. The van der Waals surface area contributed by atoms with Gasteiger partial charge in [0.25, 0.3) is 0 Å². The Morgan fingerprint density at radius 2 is 1.08 bits per heavy atom. The zero-order valence-electron chi connectivity index (χ0n) is 12.6. The third-order valence-corrected chi connectivity index (χ3v) is 3.72. The van der Waals surface area contributed by atoms with Crippen LogP contribution >= 0.6 is 0 Å². The molecule has 5 rings (SSSR count). The first-order valence-corrected chi connectivity index (χ1v) is 7.62. The van der Waals surface area contributed by atoms with E-state index in [0.29, 0.717) is 22.9 Å². The molecule has 116 valence electrons. The molecule has 0 fully saturated rings. The lowest BCUT2D eigenvalue weighted by atomic mass is 10.3. The first-order valence-electron chi connectivity index (χ1n) is 7.62. The molecule has 5 heterocycles. The van der Waals surface area contributed by atoms with Crippen molar-refractivity contribution in [3.63, 3.8) is 0 Å². The van der Waals surface area contributed by atoms with E-state index in [0.717, 1.165) is 35.8 Å². The van der Waals surface area contributed by atoms with Gasteiger partial charge in [-0.3, -0.25) is 0 Å². The molecule has 3 aromatic heterocycles. The second-order valence-electron chi connectivity index (χ2n) is 5.51. The van der Waals surface area contributed by atoms with Crippen LogP contribution in [0.1, 0.15) is 23.3 Å². The van der Waals surface area contributed by atoms with Gasteiger partial charge in [0, 0.05) is 12.8 Å². The number of nitrogens with one attached hydrogen (secondary N) is 2. The molecule has 0 unspecified atom stereocenters. The first kappa shape index (κ1) is 13.1. The summed E-state index contributed by atoms with van der Waals surface area (Å²) in [5, 5.41) is 0. The van der Waals surface area contributed by atoms with Crippen LogP contribution in [0, 0.1) is 0 Å². The van der Waals surface area contributed by atoms with E-state index >= 15 is 0 Å². The number of hydrogen-bond donors (Lipinski definition) is 2. The van der Waals surface area contributed by atoms with Crippen LogP contribution in [0.4, 0.5) is 0 Å². The molecule has 0 saturated heterocycles. The van der Waals surface area contributed by atoms with E-state index < -0.39 is 0 Å². The minimum absolute atomic E-state index is 0.601. The fourth-order valence-electron chi connectivity index (χ4n) is 2.64. The number of nitrogens with zero attached hydrogens (tertiary/aromatic N) is 6. The molecule has 3 aromatic rings. The fraction of sp³-hybridized carbons (Fsp3) is 0.125. The summed E-state index contributed by atoms with van der Waals surface area (Å²) in [6.07, 6.45) is 5.19. The van der Waals surface area contributed by atoms with E-state index in [2.05, 4.69) is 39.9 Å². The number of aryl methyl sites for hydroxylation is 2. The number of aromatic amines is 2. The Kier molecular flexibility index (Phi) is 2.75. The molecule has 0 atom stereocenters. The average Bonchev–Trinajstić information content (AvgIpc) is 3.32. The highest BCUT2D eigenvalue weighted by Gasteiger charge is 2.09. The Hall–Kier alpha value is -3.42. The molecule has 2 aliphatic rings. The van der Waals surface area contributed by atoms with E-state index in [-0.39, 0.29) is 0 Å². The van der Waals surface area contributed by atoms with Crippen LogP contribution in [0.5, 0.6) is 0 Å². The lowest BCUT2D eigenvalue weighted by molar-refractivity contribution is 0.940. The van der Waals surface area contributed by atoms with Crippen molar-refractivity contribution in [3.05, 3.63) is 47.6 Å². The third kappa shape index (κ3) is 2.43. The third-order valence-electron chi connectivity index (χ3n) is 3.72. The molecule has 2 aliphatic heterocycles. The van der Waals surface area contributed by atoms with Crippen molar-refractivity contribution in [3.8, 4) is 0 Å². The second-order valence-corrected chi connectivity index (χ2v) is 5.51. The zero-order valence-corrected chi connectivity index (χ0v) is 12.6. The molecule has 8 bridgehead atoms. The highest BCUT2D eigenvalue weighted by molar-refractivity contribution is 5.67. The summed E-state index contributed by atoms with van der Waals surface area (Å²) in [7, 11) is 0. The Balaban J connectivity index is 1.84. The second kappa shape index (κ2) is 5.05. The predicted molar refractivity (Wildman–Crippen MR) is 88.5 cm³/mol. The van der Waals surface area contributed by atoms with E-state index in [4.69, 9.17) is 0 Å². The quantitative estimate of drug-likeness (QED) is 0.512. The van der Waals surface area contributed by atoms with Crippen molar-refractivity contribution in [2.45, 2.75) is 12.8 Å². The summed E-state index contributed by atoms with van der Waals surface area (Å²) < 4.78 is 0. The predicted octanol–water partition coefficient (Wildman–Crippen LogP) is 1.85. The van der Waals surface area contributed by atoms with Crippen molar-refractivity contribution < 1.29 is 0 Å². The monoisotopic (exact) mass is 316 g/mol. The van der Waals surface area contributed by atoms with Gasteiger partial charge in [0.15, 0.2) is 11.6 Å². The Morgan fingerprint density at radius 1 is 0.542 bits per heavy atom. The van der Waals surface area contributed by atoms with Gasteiger partial charge in [0.1, 0.15) is 34.2 Å². The standard InChI is InChI=1S/C16H12N8/c1-2-10-17-9(1)21-11-3-4-13(18-11)23-15-7-8-16(20-15)24-14-6-5-12(19-14)22-10/h1-6H,7-8H2,(H2,17,18,19,20,21,22,23,24). The summed E-state index contributed by atoms with van der Waals surface area (Å²) in [5.74, 6) is 2.71. The minimum Gasteiger partial charge on any atom is -0.325 e. The Morgan fingerprint density at radius 3 is 1.79 bits per heavy atom. The van der Waals surface area contributed by atoms with E-state index in [9.17, 15) is 0 Å². The number of aromatic nitrogens is 8. The Labute approximate surface area is 135 Å². The van der Waals surface area contributed by atoms with E-state index in [1.807, 2.05) is 36.4 Å². The van der Waals surface area contributed by atoms with Gasteiger partial charge < -0.3 is 9.97 Å². The molecule has 0 spiro atoms. The molecule has 8 nitrogen and oxygen atoms in total. The smallest absolute Gasteiger partial charge is 0.156 e. The maximum absolute atomic E-state index is 4.52. The number of H-pyrrole nitrogens is 2. The van der Waals surface area contributed by atoms with Gasteiger partial charge >= 0.3 is 0 Å². The average molecular weight is 316 g/mol. The van der Waals surface area contributed by atoms with Crippen molar-refractivity contribution in [1.29, 1.82) is 0 Å². The molecular formula is C16H12N8. The lowest BCUT2D eigenvalue weighted by Crippen LogP contribution is -1.88. The number of hydrogen-bond acceptors (Lipinski definition) is 6. The van der Waals surface area contributed by atoms with Crippen LogP contribution in [0.15, 0.2) is 24.3 Å². The van der Waals surface area contributed by atoms with Crippen LogP contribution in [-0.4, -0.2) is 39.9 Å². The normalized spacial score (nSPS) is 13.3. The van der Waals surface area contributed by atoms with E-state index in [1.165, 1.54) is 0 Å². The SMILES string of the molecule is C1=Cc2nc1nc1nc(nc3ccc(nc4ccc(n2)[nH]4)[nH]3)CC1. The van der Waals surface area contributed by atoms with Gasteiger partial charge in [-0.15, -0.1) is 0 Å². The van der Waals surface area contributed by atoms with Crippen molar-refractivity contribution in [1.82, 2.24) is 39.9 Å². The lowest BCUT2D eigenvalue weighted by Gasteiger charge is -1.84. The largest absolute Gasteiger partial charge is 0.325 e. The summed E-state index contributed by atoms with van der Waals surface area (Å²) in [5.41, 5.74) is 2.84. The Bertz CT molecular complexity index is 1120. The van der Waals surface area contributed by atoms with Crippen molar-refractivity contribution in [2.24, 2.45) is 0 Å². The summed E-state index contributed by atoms with van der Waals surface area (Å²) in [6, 6.07) is 7.49. The van der Waals surface area contributed by atoms with Crippen molar-refractivity contribution in [2.75, 3.05) is 0 Å². The molecule has 0 radical (unpaired) electrons. The molecule has 2 N–H and O–H groups in total. The van der Waals surface area contributed by atoms with Crippen LogP contribution in [-0.2, 0) is 12.8 Å². The summed E-state index contributed by atoms with van der Waals surface area (Å²) in [4.78, 5) is 33.1. The molecule has 0 saturated carbocycles. The number of fused-ring (bicyclic) bond motifs is 8. The topological polar surface area (TPSA) is 109 Å². The highest BCUT2D eigenvalue weighted by atomic mass is 15.0. The van der Waals surface area contributed by atoms with Crippen molar-refractivity contribution >= 4 is 34.7 Å². The van der Waals surface area contributed by atoms with E-state index in [1.54, 1.807) is 0 Å². The summed E-state index contributed by atoms with van der Waals surface area (Å²) in [6.45, 7) is 0. The molecule has 8 heteroatoms. The minimum atomic E-state index is 0.601. The van der Waals surface area contributed by atoms with Gasteiger partial charge in [-0.25, -0.2) is 29.9 Å². The van der Waals surface area contributed by atoms with Gasteiger partial charge in [0.05, 0.1) is 0 Å². The summed E-state index contributed by atoms with van der Waals surface area (Å²) >= 11 is 0. The zero-order chi connectivity index (χ0) is 15.9. The van der Waals surface area contributed by atoms with Gasteiger partial charge in [-0.1, -0.05) is 0 Å². The van der Waals surface area contributed by atoms with Crippen LogP contribution in [0.3, 0.4) is 0 Å². The van der Waals surface area contributed by atoms with Gasteiger partial charge in [0.2, 0.25) is 0 Å². The molecule has 0 aliphatic carbocycles. The first-order chi connectivity index (χ1) is 11.8. The molecule has 24 heavy (non-hydrogen) atoms. The fourth-order valence-corrected chi connectivity index (χ4v) is 2.64. The van der Waals surface area contributed by atoms with Crippen LogP contribution < -0.4 is 0 Å². The maximum Gasteiger partial charge on any atom is 0.156 e.